The maximum absolute atomic E-state index is 10.9. The zero-order valence-corrected chi connectivity index (χ0v) is 10.3. The summed E-state index contributed by atoms with van der Waals surface area (Å²) in [6, 6.07) is 7.80. The molecule has 0 spiro atoms. The summed E-state index contributed by atoms with van der Waals surface area (Å²) in [5.74, 6) is 1.08. The van der Waals surface area contributed by atoms with Gasteiger partial charge < -0.3 is 4.74 Å². The van der Waals surface area contributed by atoms with E-state index in [4.69, 9.17) is 4.74 Å². The summed E-state index contributed by atoms with van der Waals surface area (Å²) in [5, 5.41) is 0. The van der Waals surface area contributed by atoms with Crippen molar-refractivity contribution in [2.24, 2.45) is 0 Å². The van der Waals surface area contributed by atoms with E-state index in [-0.39, 0.29) is 5.78 Å². The summed E-state index contributed by atoms with van der Waals surface area (Å²) >= 11 is 0. The van der Waals surface area contributed by atoms with Crippen LogP contribution in [0.25, 0.3) is 0 Å². The molecule has 0 aromatic heterocycles. The molecule has 16 heavy (non-hydrogen) atoms. The first-order valence-corrected chi connectivity index (χ1v) is 5.90. The Balaban J connectivity index is 2.60. The van der Waals surface area contributed by atoms with Crippen LogP contribution in [0.3, 0.4) is 0 Å². The number of ketones is 1. The summed E-state index contributed by atoms with van der Waals surface area (Å²) in [6.07, 6.45) is 2.83. The standard InChI is InChI=1S/C14H20O2/c1-4-13(5-2)16-14-8-6-12(7-9-14)10-11(3)15/h6-9,13H,4-5,10H2,1-3H3. The van der Waals surface area contributed by atoms with Gasteiger partial charge in [0.15, 0.2) is 0 Å². The highest BCUT2D eigenvalue weighted by Gasteiger charge is 2.05. The van der Waals surface area contributed by atoms with Gasteiger partial charge in [-0.25, -0.2) is 0 Å². The summed E-state index contributed by atoms with van der Waals surface area (Å²) < 4.78 is 5.79. The molecule has 0 aliphatic heterocycles. The molecule has 0 amide bonds. The number of Topliss-reactive ketones (excluding diaryl/α,β-unsaturated/α-hetero) is 1. The molecule has 2 nitrogen and oxygen atoms in total. The lowest BCUT2D eigenvalue weighted by atomic mass is 10.1. The van der Waals surface area contributed by atoms with Crippen molar-refractivity contribution in [3.05, 3.63) is 29.8 Å². The van der Waals surface area contributed by atoms with Crippen LogP contribution in [-0.2, 0) is 11.2 Å². The second-order valence-corrected chi connectivity index (χ2v) is 4.08. The van der Waals surface area contributed by atoms with Crippen LogP contribution in [0.5, 0.6) is 5.75 Å². The minimum Gasteiger partial charge on any atom is -0.490 e. The predicted octanol–water partition coefficient (Wildman–Crippen LogP) is 3.39. The van der Waals surface area contributed by atoms with Crippen molar-refractivity contribution in [1.29, 1.82) is 0 Å². The second kappa shape index (κ2) is 6.31. The van der Waals surface area contributed by atoms with Crippen LogP contribution in [0.1, 0.15) is 39.2 Å². The van der Waals surface area contributed by atoms with Gasteiger partial charge in [-0.15, -0.1) is 0 Å². The van der Waals surface area contributed by atoms with E-state index in [1.54, 1.807) is 6.92 Å². The lowest BCUT2D eigenvalue weighted by Gasteiger charge is -2.15. The van der Waals surface area contributed by atoms with Crippen molar-refractivity contribution in [2.45, 2.75) is 46.1 Å². The van der Waals surface area contributed by atoms with Gasteiger partial charge >= 0.3 is 0 Å². The smallest absolute Gasteiger partial charge is 0.134 e. The summed E-state index contributed by atoms with van der Waals surface area (Å²) in [4.78, 5) is 10.9. The fraction of sp³-hybridized carbons (Fsp3) is 0.500. The van der Waals surface area contributed by atoms with Gasteiger partial charge in [0.05, 0.1) is 6.10 Å². The second-order valence-electron chi connectivity index (χ2n) is 4.08. The molecule has 2 heteroatoms. The summed E-state index contributed by atoms with van der Waals surface area (Å²) in [6.45, 7) is 5.85. The highest BCUT2D eigenvalue weighted by Crippen LogP contribution is 2.16. The number of benzene rings is 1. The SMILES string of the molecule is CCC(CC)Oc1ccc(CC(C)=O)cc1. The van der Waals surface area contributed by atoms with Gasteiger partial charge in [-0.05, 0) is 37.5 Å². The quantitative estimate of drug-likeness (QED) is 0.734. The van der Waals surface area contributed by atoms with E-state index >= 15 is 0 Å². The van der Waals surface area contributed by atoms with E-state index in [2.05, 4.69) is 13.8 Å². The van der Waals surface area contributed by atoms with Crippen LogP contribution < -0.4 is 4.74 Å². The van der Waals surface area contributed by atoms with E-state index in [0.29, 0.717) is 12.5 Å². The Hall–Kier alpha value is -1.31. The van der Waals surface area contributed by atoms with E-state index in [1.165, 1.54) is 0 Å². The van der Waals surface area contributed by atoms with Gasteiger partial charge in [-0.3, -0.25) is 4.79 Å². The number of hydrogen-bond acceptors (Lipinski definition) is 2. The topological polar surface area (TPSA) is 26.3 Å². The van der Waals surface area contributed by atoms with Gasteiger partial charge in [-0.1, -0.05) is 26.0 Å². The van der Waals surface area contributed by atoms with Crippen LogP contribution in [0.15, 0.2) is 24.3 Å². The lowest BCUT2D eigenvalue weighted by Crippen LogP contribution is -2.13. The van der Waals surface area contributed by atoms with Crippen LogP contribution in [0, 0.1) is 0 Å². The van der Waals surface area contributed by atoms with E-state index in [0.717, 1.165) is 24.2 Å². The monoisotopic (exact) mass is 220 g/mol. The number of rotatable bonds is 6. The van der Waals surface area contributed by atoms with Crippen molar-refractivity contribution in [3.63, 3.8) is 0 Å². The largest absolute Gasteiger partial charge is 0.490 e. The fourth-order valence-corrected chi connectivity index (χ4v) is 1.62. The molecule has 1 aromatic carbocycles. The number of ether oxygens (including phenoxy) is 1. The van der Waals surface area contributed by atoms with Crippen molar-refractivity contribution in [2.75, 3.05) is 0 Å². The average molecular weight is 220 g/mol. The first-order valence-electron chi connectivity index (χ1n) is 5.90. The number of carbonyl (C=O) groups excluding carboxylic acids is 1. The Morgan fingerprint density at radius 3 is 2.19 bits per heavy atom. The molecule has 0 aliphatic rings. The first kappa shape index (κ1) is 12.8. The zero-order chi connectivity index (χ0) is 12.0. The molecule has 0 radical (unpaired) electrons. The Morgan fingerprint density at radius 2 is 1.75 bits per heavy atom. The molecule has 0 atom stereocenters. The summed E-state index contributed by atoms with van der Waals surface area (Å²) in [7, 11) is 0. The summed E-state index contributed by atoms with van der Waals surface area (Å²) in [5.41, 5.74) is 1.05. The maximum Gasteiger partial charge on any atom is 0.134 e. The molecular weight excluding hydrogens is 200 g/mol. The molecule has 88 valence electrons. The van der Waals surface area contributed by atoms with Crippen molar-refractivity contribution < 1.29 is 9.53 Å². The molecule has 0 N–H and O–H groups in total. The molecule has 0 heterocycles. The van der Waals surface area contributed by atoms with E-state index in [9.17, 15) is 4.79 Å². The molecule has 1 aromatic rings. The molecule has 0 unspecified atom stereocenters. The van der Waals surface area contributed by atoms with E-state index in [1.807, 2.05) is 24.3 Å². The normalized spacial score (nSPS) is 10.5. The maximum atomic E-state index is 10.9. The Kier molecular flexibility index (Phi) is 5.03. The van der Waals surface area contributed by atoms with Gasteiger partial charge in [0.2, 0.25) is 0 Å². The van der Waals surface area contributed by atoms with Crippen LogP contribution >= 0.6 is 0 Å². The highest BCUT2D eigenvalue weighted by atomic mass is 16.5. The molecule has 1 rings (SSSR count). The van der Waals surface area contributed by atoms with Crippen molar-refractivity contribution in [1.82, 2.24) is 0 Å². The van der Waals surface area contributed by atoms with E-state index < -0.39 is 0 Å². The van der Waals surface area contributed by atoms with Crippen LogP contribution in [0.4, 0.5) is 0 Å². The van der Waals surface area contributed by atoms with Crippen LogP contribution in [-0.4, -0.2) is 11.9 Å². The fourth-order valence-electron chi connectivity index (χ4n) is 1.62. The average Bonchev–Trinajstić information content (AvgIpc) is 2.27. The van der Waals surface area contributed by atoms with Gasteiger partial charge in [0.25, 0.3) is 0 Å². The first-order chi connectivity index (χ1) is 7.65. The minimum absolute atomic E-state index is 0.189. The van der Waals surface area contributed by atoms with Gasteiger partial charge in [0.1, 0.15) is 11.5 Å². The molecule has 0 saturated heterocycles. The lowest BCUT2D eigenvalue weighted by molar-refractivity contribution is -0.116. The molecule has 0 saturated carbocycles. The van der Waals surface area contributed by atoms with Gasteiger partial charge in [-0.2, -0.15) is 0 Å². The number of carbonyl (C=O) groups is 1. The minimum atomic E-state index is 0.189. The molecule has 0 fully saturated rings. The highest BCUT2D eigenvalue weighted by molar-refractivity contribution is 5.78. The Labute approximate surface area is 97.6 Å². The zero-order valence-electron chi connectivity index (χ0n) is 10.3. The van der Waals surface area contributed by atoms with Crippen molar-refractivity contribution in [3.8, 4) is 5.75 Å². The third kappa shape index (κ3) is 4.05. The number of hydrogen-bond donors (Lipinski definition) is 0. The molecular formula is C14H20O2. The molecule has 0 aliphatic carbocycles. The Bertz CT molecular complexity index is 323. The van der Waals surface area contributed by atoms with Crippen molar-refractivity contribution >= 4 is 5.78 Å². The van der Waals surface area contributed by atoms with Gasteiger partial charge in [0, 0.05) is 6.42 Å². The van der Waals surface area contributed by atoms with Crippen LogP contribution in [0.2, 0.25) is 0 Å². The molecule has 0 bridgehead atoms. The Morgan fingerprint density at radius 1 is 1.19 bits per heavy atom. The third-order valence-corrected chi connectivity index (χ3v) is 2.59. The predicted molar refractivity (Wildman–Crippen MR) is 65.8 cm³/mol. The third-order valence-electron chi connectivity index (χ3n) is 2.59.